The normalized spacial score (nSPS) is 10.5. The van der Waals surface area contributed by atoms with Gasteiger partial charge in [-0.15, -0.1) is 0 Å². The summed E-state index contributed by atoms with van der Waals surface area (Å²) >= 11 is 1.28. The summed E-state index contributed by atoms with van der Waals surface area (Å²) in [5.74, 6) is -0.116. The molecule has 1 rings (SSSR count). The molecule has 0 aliphatic carbocycles. The number of aryl methyl sites for hydroxylation is 2. The van der Waals surface area contributed by atoms with E-state index in [0.717, 1.165) is 36.3 Å². The molecule has 1 heterocycles. The van der Waals surface area contributed by atoms with E-state index >= 15 is 0 Å². The molecule has 0 aliphatic heterocycles. The number of unbranched alkanes of at least 4 members (excludes halogenated alkanes) is 2. The second kappa shape index (κ2) is 7.27. The Morgan fingerprint density at radius 3 is 2.71 bits per heavy atom. The smallest absolute Gasteiger partial charge is 0.305 e. The van der Waals surface area contributed by atoms with Crippen LogP contribution in [0.15, 0.2) is 4.79 Å². The molecule has 0 atom stereocenters. The van der Waals surface area contributed by atoms with Crippen LogP contribution in [0, 0.1) is 6.92 Å². The first-order chi connectivity index (χ1) is 8.13. The van der Waals surface area contributed by atoms with E-state index in [4.69, 9.17) is 4.74 Å². The fraction of sp³-hybridized carbons (Fsp3) is 0.667. The van der Waals surface area contributed by atoms with E-state index in [2.05, 4.69) is 4.98 Å². The molecule has 0 radical (unpaired) electrons. The molecular weight excluding hydrogens is 238 g/mol. The Kier molecular flexibility index (Phi) is 5.97. The third kappa shape index (κ3) is 5.17. The number of carbonyl (C=O) groups excluding carboxylic acids is 1. The lowest BCUT2D eigenvalue weighted by Crippen LogP contribution is -2.03. The number of hydrogen-bond acceptors (Lipinski definition) is 4. The molecule has 0 aliphatic rings. The lowest BCUT2D eigenvalue weighted by molar-refractivity contribution is -0.143. The molecule has 96 valence electrons. The van der Waals surface area contributed by atoms with Gasteiger partial charge in [0.15, 0.2) is 0 Å². The van der Waals surface area contributed by atoms with Gasteiger partial charge in [0.1, 0.15) is 0 Å². The van der Waals surface area contributed by atoms with Crippen LogP contribution in [-0.2, 0) is 16.0 Å². The highest BCUT2D eigenvalue weighted by atomic mass is 32.1. The number of hydrogen-bond donors (Lipinski definition) is 1. The number of ether oxygens (including phenoxy) is 1. The van der Waals surface area contributed by atoms with Gasteiger partial charge in [-0.3, -0.25) is 9.59 Å². The maximum absolute atomic E-state index is 11.1. The minimum Gasteiger partial charge on any atom is -0.466 e. The van der Waals surface area contributed by atoms with Crippen LogP contribution >= 0.6 is 11.3 Å². The molecule has 1 N–H and O–H groups in total. The van der Waals surface area contributed by atoms with E-state index in [1.807, 2.05) is 13.8 Å². The number of rotatable bonds is 7. The zero-order chi connectivity index (χ0) is 12.7. The van der Waals surface area contributed by atoms with Crippen molar-refractivity contribution < 1.29 is 9.53 Å². The monoisotopic (exact) mass is 257 g/mol. The first kappa shape index (κ1) is 14.0. The van der Waals surface area contributed by atoms with Crippen LogP contribution in [-0.4, -0.2) is 17.6 Å². The van der Waals surface area contributed by atoms with Gasteiger partial charge in [0.05, 0.1) is 6.61 Å². The van der Waals surface area contributed by atoms with Gasteiger partial charge in [0, 0.05) is 17.0 Å². The Bertz CT molecular complexity index is 408. The summed E-state index contributed by atoms with van der Waals surface area (Å²) in [7, 11) is 0. The highest BCUT2D eigenvalue weighted by molar-refractivity contribution is 7.09. The average molecular weight is 257 g/mol. The van der Waals surface area contributed by atoms with Crippen LogP contribution in [0.2, 0.25) is 0 Å². The molecule has 4 nitrogen and oxygen atoms in total. The molecule has 0 fully saturated rings. The van der Waals surface area contributed by atoms with Crippen molar-refractivity contribution in [2.45, 2.75) is 46.0 Å². The Morgan fingerprint density at radius 2 is 2.12 bits per heavy atom. The van der Waals surface area contributed by atoms with Crippen LogP contribution in [0.1, 0.15) is 43.2 Å². The Labute approximate surface area is 105 Å². The minimum atomic E-state index is -0.116. The highest BCUT2D eigenvalue weighted by Gasteiger charge is 2.04. The van der Waals surface area contributed by atoms with E-state index in [1.165, 1.54) is 11.3 Å². The largest absolute Gasteiger partial charge is 0.466 e. The molecule has 0 amide bonds. The summed E-state index contributed by atoms with van der Waals surface area (Å²) in [5.41, 5.74) is 0.977. The summed E-state index contributed by atoms with van der Waals surface area (Å²) in [5, 5.41) is 0. The Hall–Kier alpha value is -1.10. The third-order valence-electron chi connectivity index (χ3n) is 2.51. The number of H-pyrrole nitrogens is 1. The second-order valence-corrected chi connectivity index (χ2v) is 5.00. The van der Waals surface area contributed by atoms with Gasteiger partial charge < -0.3 is 9.72 Å². The Balaban J connectivity index is 2.14. The van der Waals surface area contributed by atoms with Gasteiger partial charge >= 0.3 is 10.8 Å². The fourth-order valence-corrected chi connectivity index (χ4v) is 2.52. The average Bonchev–Trinajstić information content (AvgIpc) is 2.57. The standard InChI is InChI=1S/C12H19NO3S/c1-3-16-11(14)8-6-4-5-7-10-9(2)13-12(15)17-10/h3-8H2,1-2H3,(H,13,15). The number of carbonyl (C=O) groups is 1. The summed E-state index contributed by atoms with van der Waals surface area (Å²) in [4.78, 5) is 26.1. The van der Waals surface area contributed by atoms with Crippen molar-refractivity contribution >= 4 is 17.3 Å². The first-order valence-corrected chi connectivity index (χ1v) is 6.79. The van der Waals surface area contributed by atoms with E-state index < -0.39 is 0 Å². The van der Waals surface area contributed by atoms with Gasteiger partial charge in [-0.1, -0.05) is 17.8 Å². The van der Waals surface area contributed by atoms with E-state index in [9.17, 15) is 9.59 Å². The van der Waals surface area contributed by atoms with Crippen LogP contribution in [0.3, 0.4) is 0 Å². The van der Waals surface area contributed by atoms with Crippen LogP contribution in [0.5, 0.6) is 0 Å². The predicted octanol–water partition coefficient (Wildman–Crippen LogP) is 2.41. The van der Waals surface area contributed by atoms with Crippen molar-refractivity contribution in [1.82, 2.24) is 4.98 Å². The van der Waals surface area contributed by atoms with Crippen molar-refractivity contribution in [3.05, 3.63) is 20.2 Å². The van der Waals surface area contributed by atoms with Gasteiger partial charge in [0.25, 0.3) is 0 Å². The fourth-order valence-electron chi connectivity index (χ4n) is 1.64. The van der Waals surface area contributed by atoms with E-state index in [-0.39, 0.29) is 10.8 Å². The topological polar surface area (TPSA) is 59.2 Å². The van der Waals surface area contributed by atoms with Crippen molar-refractivity contribution in [1.29, 1.82) is 0 Å². The number of thiazole rings is 1. The van der Waals surface area contributed by atoms with Crippen molar-refractivity contribution in [3.8, 4) is 0 Å². The molecule has 1 aromatic heterocycles. The third-order valence-corrected chi connectivity index (χ3v) is 3.56. The molecule has 0 spiro atoms. The SMILES string of the molecule is CCOC(=O)CCCCCc1sc(=O)[nH]c1C. The van der Waals surface area contributed by atoms with Gasteiger partial charge in [0.2, 0.25) is 0 Å². The van der Waals surface area contributed by atoms with Crippen LogP contribution in [0.4, 0.5) is 0 Å². The molecule has 17 heavy (non-hydrogen) atoms. The zero-order valence-corrected chi connectivity index (χ0v) is 11.2. The van der Waals surface area contributed by atoms with Crippen LogP contribution < -0.4 is 4.87 Å². The summed E-state index contributed by atoms with van der Waals surface area (Å²) in [6.07, 6.45) is 4.27. The molecule has 5 heteroatoms. The lowest BCUT2D eigenvalue weighted by Gasteiger charge is -2.01. The van der Waals surface area contributed by atoms with E-state index in [1.54, 1.807) is 0 Å². The maximum Gasteiger partial charge on any atom is 0.305 e. The Morgan fingerprint density at radius 1 is 1.35 bits per heavy atom. The molecular formula is C12H19NO3S. The molecule has 0 saturated heterocycles. The molecule has 1 aromatic rings. The quantitative estimate of drug-likeness (QED) is 0.603. The first-order valence-electron chi connectivity index (χ1n) is 5.97. The molecule has 0 bridgehead atoms. The van der Waals surface area contributed by atoms with Crippen molar-refractivity contribution in [3.63, 3.8) is 0 Å². The molecule has 0 aromatic carbocycles. The zero-order valence-electron chi connectivity index (χ0n) is 10.4. The lowest BCUT2D eigenvalue weighted by atomic mass is 10.1. The number of nitrogens with one attached hydrogen (secondary N) is 1. The number of aromatic amines is 1. The molecule has 0 unspecified atom stereocenters. The summed E-state index contributed by atoms with van der Waals surface area (Å²) in [6, 6.07) is 0. The van der Waals surface area contributed by atoms with Crippen molar-refractivity contribution in [2.75, 3.05) is 6.61 Å². The van der Waals surface area contributed by atoms with Gasteiger partial charge in [-0.05, 0) is 33.1 Å². The highest BCUT2D eigenvalue weighted by Crippen LogP contribution is 2.13. The minimum absolute atomic E-state index is 0.0176. The predicted molar refractivity (Wildman–Crippen MR) is 68.5 cm³/mol. The second-order valence-electron chi connectivity index (χ2n) is 3.93. The summed E-state index contributed by atoms with van der Waals surface area (Å²) < 4.78 is 4.85. The number of aromatic nitrogens is 1. The van der Waals surface area contributed by atoms with Gasteiger partial charge in [-0.2, -0.15) is 0 Å². The molecule has 0 saturated carbocycles. The maximum atomic E-state index is 11.1. The number of esters is 1. The van der Waals surface area contributed by atoms with Gasteiger partial charge in [-0.25, -0.2) is 0 Å². The summed E-state index contributed by atoms with van der Waals surface area (Å²) in [6.45, 7) is 4.19. The van der Waals surface area contributed by atoms with E-state index in [0.29, 0.717) is 13.0 Å². The van der Waals surface area contributed by atoms with Crippen LogP contribution in [0.25, 0.3) is 0 Å². The van der Waals surface area contributed by atoms with Crippen molar-refractivity contribution in [2.24, 2.45) is 0 Å².